The Morgan fingerprint density at radius 1 is 1.57 bits per heavy atom. The molecule has 1 atom stereocenters. The topological polar surface area (TPSA) is 46.3 Å². The fourth-order valence-electron chi connectivity index (χ4n) is 1.30. The summed E-state index contributed by atoms with van der Waals surface area (Å²) in [6.07, 6.45) is 5.87. The van der Waals surface area contributed by atoms with E-state index in [4.69, 9.17) is 12.2 Å². The summed E-state index contributed by atoms with van der Waals surface area (Å²) in [5.74, 6) is 2.84. The molecule has 0 radical (unpaired) electrons. The number of nitrogens with two attached hydrogens (primary N) is 1. The summed E-state index contributed by atoms with van der Waals surface area (Å²) >= 11 is 0. The quantitative estimate of drug-likeness (QED) is 0.662. The minimum atomic E-state index is -0.414. The van der Waals surface area contributed by atoms with Gasteiger partial charge in [0.25, 0.3) is 0 Å². The highest BCUT2D eigenvalue weighted by molar-refractivity contribution is 5.81. The third kappa shape index (κ3) is 4.29. The number of carbonyl (C=O) groups excluding carboxylic acids is 1. The average molecular weight is 196 g/mol. The van der Waals surface area contributed by atoms with Crippen molar-refractivity contribution in [3.05, 3.63) is 0 Å². The minimum absolute atomic E-state index is 0.0425. The summed E-state index contributed by atoms with van der Waals surface area (Å²) in [7, 11) is 0. The van der Waals surface area contributed by atoms with Crippen LogP contribution in [0.2, 0.25) is 0 Å². The predicted octanol–water partition coefficient (Wildman–Crippen LogP) is 0.841. The summed E-state index contributed by atoms with van der Waals surface area (Å²) in [6.45, 7) is 6.96. The molecule has 0 aromatic rings. The van der Waals surface area contributed by atoms with Gasteiger partial charge in [-0.05, 0) is 19.3 Å². The van der Waals surface area contributed by atoms with Gasteiger partial charge in [-0.1, -0.05) is 19.8 Å². The first-order chi connectivity index (χ1) is 6.52. The van der Waals surface area contributed by atoms with Crippen LogP contribution in [0.3, 0.4) is 0 Å². The zero-order valence-electron chi connectivity index (χ0n) is 9.29. The van der Waals surface area contributed by atoms with Crippen LogP contribution in [0.1, 0.15) is 27.2 Å². The van der Waals surface area contributed by atoms with Crippen LogP contribution in [0.4, 0.5) is 0 Å². The molecule has 14 heavy (non-hydrogen) atoms. The van der Waals surface area contributed by atoms with Crippen LogP contribution in [0.25, 0.3) is 0 Å². The van der Waals surface area contributed by atoms with Gasteiger partial charge in [0.05, 0.1) is 12.6 Å². The van der Waals surface area contributed by atoms with Gasteiger partial charge in [0, 0.05) is 6.54 Å². The van der Waals surface area contributed by atoms with Crippen LogP contribution in [0.15, 0.2) is 0 Å². The van der Waals surface area contributed by atoms with E-state index in [1.807, 2.05) is 20.8 Å². The lowest BCUT2D eigenvalue weighted by Crippen LogP contribution is -2.44. The highest BCUT2D eigenvalue weighted by Gasteiger charge is 2.19. The zero-order chi connectivity index (χ0) is 11.1. The molecule has 0 aliphatic heterocycles. The summed E-state index contributed by atoms with van der Waals surface area (Å²) in [5, 5.41) is 0. The first-order valence-corrected chi connectivity index (χ1v) is 5.00. The molecule has 0 unspecified atom stereocenters. The Labute approximate surface area is 86.6 Å². The molecule has 0 aromatic heterocycles. The van der Waals surface area contributed by atoms with Gasteiger partial charge in [-0.3, -0.25) is 4.79 Å². The van der Waals surface area contributed by atoms with Crippen molar-refractivity contribution in [2.75, 3.05) is 13.1 Å². The molecule has 3 nitrogen and oxygen atoms in total. The van der Waals surface area contributed by atoms with Gasteiger partial charge in [-0.25, -0.2) is 0 Å². The molecule has 0 heterocycles. The normalized spacial score (nSPS) is 12.3. The van der Waals surface area contributed by atoms with Gasteiger partial charge in [-0.2, -0.15) is 0 Å². The lowest BCUT2D eigenvalue weighted by molar-refractivity contribution is -0.132. The number of hydrogen-bond acceptors (Lipinski definition) is 2. The van der Waals surface area contributed by atoms with E-state index in [9.17, 15) is 4.79 Å². The van der Waals surface area contributed by atoms with E-state index in [1.54, 1.807) is 4.90 Å². The van der Waals surface area contributed by atoms with E-state index in [0.29, 0.717) is 25.4 Å². The van der Waals surface area contributed by atoms with Gasteiger partial charge in [0.1, 0.15) is 0 Å². The number of amides is 1. The third-order valence-corrected chi connectivity index (χ3v) is 2.02. The van der Waals surface area contributed by atoms with Crippen LogP contribution in [-0.2, 0) is 4.79 Å². The van der Waals surface area contributed by atoms with E-state index in [0.717, 1.165) is 0 Å². The fraction of sp³-hybridized carbons (Fsp3) is 0.727. The molecule has 0 rings (SSSR count). The van der Waals surface area contributed by atoms with Crippen LogP contribution in [0, 0.1) is 18.3 Å². The maximum atomic E-state index is 11.7. The van der Waals surface area contributed by atoms with Crippen LogP contribution in [0.5, 0.6) is 0 Å². The van der Waals surface area contributed by atoms with Crippen molar-refractivity contribution in [3.8, 4) is 12.3 Å². The molecule has 0 aliphatic rings. The molecule has 0 saturated heterocycles. The van der Waals surface area contributed by atoms with Gasteiger partial charge in [0.2, 0.25) is 5.91 Å². The van der Waals surface area contributed by atoms with Gasteiger partial charge in [0.15, 0.2) is 0 Å². The van der Waals surface area contributed by atoms with Crippen molar-refractivity contribution in [3.63, 3.8) is 0 Å². The maximum absolute atomic E-state index is 11.7. The van der Waals surface area contributed by atoms with E-state index < -0.39 is 6.04 Å². The molecule has 0 aliphatic carbocycles. The van der Waals surface area contributed by atoms with Crippen molar-refractivity contribution in [1.82, 2.24) is 4.90 Å². The van der Waals surface area contributed by atoms with Crippen LogP contribution in [-0.4, -0.2) is 29.9 Å². The number of likely N-dealkylation sites (N-methyl/N-ethyl adjacent to an activating group) is 1. The van der Waals surface area contributed by atoms with Crippen LogP contribution >= 0.6 is 0 Å². The lowest BCUT2D eigenvalue weighted by Gasteiger charge is -2.23. The van der Waals surface area contributed by atoms with Crippen LogP contribution < -0.4 is 5.73 Å². The Morgan fingerprint density at radius 3 is 2.50 bits per heavy atom. The Bertz CT molecular complexity index is 218. The number of hydrogen-bond donors (Lipinski definition) is 1. The molecule has 0 bridgehead atoms. The Morgan fingerprint density at radius 2 is 2.14 bits per heavy atom. The number of terminal acetylenes is 1. The molecule has 2 N–H and O–H groups in total. The molecule has 0 spiro atoms. The predicted molar refractivity (Wildman–Crippen MR) is 58.5 cm³/mol. The molecule has 3 heteroatoms. The Kier molecular flexibility index (Phi) is 5.98. The minimum Gasteiger partial charge on any atom is -0.330 e. The van der Waals surface area contributed by atoms with Gasteiger partial charge >= 0.3 is 0 Å². The summed E-state index contributed by atoms with van der Waals surface area (Å²) < 4.78 is 0. The molecule has 0 fully saturated rings. The maximum Gasteiger partial charge on any atom is 0.240 e. The number of nitrogens with zero attached hydrogens (tertiary/aromatic N) is 1. The van der Waals surface area contributed by atoms with E-state index in [-0.39, 0.29) is 5.91 Å². The van der Waals surface area contributed by atoms with Crippen molar-refractivity contribution in [2.45, 2.75) is 33.2 Å². The summed E-state index contributed by atoms with van der Waals surface area (Å²) in [5.41, 5.74) is 5.77. The largest absolute Gasteiger partial charge is 0.330 e. The highest BCUT2D eigenvalue weighted by Crippen LogP contribution is 2.05. The lowest BCUT2D eigenvalue weighted by atomic mass is 10.0. The molecular weight excluding hydrogens is 176 g/mol. The monoisotopic (exact) mass is 196 g/mol. The SMILES string of the molecule is C#CCN(CC)C(=O)[C@@H](N)CC(C)C. The van der Waals surface area contributed by atoms with Crippen molar-refractivity contribution in [1.29, 1.82) is 0 Å². The van der Waals surface area contributed by atoms with Gasteiger partial charge < -0.3 is 10.6 Å². The second-order valence-electron chi connectivity index (χ2n) is 3.79. The fourth-order valence-corrected chi connectivity index (χ4v) is 1.30. The molecule has 1 amide bonds. The second-order valence-corrected chi connectivity index (χ2v) is 3.79. The Hall–Kier alpha value is -1.01. The summed E-state index contributed by atoms with van der Waals surface area (Å²) in [6, 6.07) is -0.414. The summed E-state index contributed by atoms with van der Waals surface area (Å²) in [4.78, 5) is 13.3. The van der Waals surface area contributed by atoms with E-state index in [2.05, 4.69) is 5.92 Å². The number of rotatable bonds is 5. The smallest absolute Gasteiger partial charge is 0.240 e. The Balaban J connectivity index is 4.21. The van der Waals surface area contributed by atoms with Crippen molar-refractivity contribution in [2.24, 2.45) is 11.7 Å². The zero-order valence-corrected chi connectivity index (χ0v) is 9.29. The first-order valence-electron chi connectivity index (χ1n) is 5.00. The highest BCUT2D eigenvalue weighted by atomic mass is 16.2. The molecule has 0 aromatic carbocycles. The number of carbonyl (C=O) groups is 1. The third-order valence-electron chi connectivity index (χ3n) is 2.02. The van der Waals surface area contributed by atoms with E-state index >= 15 is 0 Å². The molecule has 80 valence electrons. The van der Waals surface area contributed by atoms with E-state index in [1.165, 1.54) is 0 Å². The van der Waals surface area contributed by atoms with Crippen molar-refractivity contribution < 1.29 is 4.79 Å². The molecular formula is C11H20N2O. The standard InChI is InChI=1S/C11H20N2O/c1-5-7-13(6-2)11(14)10(12)8-9(3)4/h1,9-10H,6-8,12H2,2-4H3/t10-/m0/s1. The molecule has 0 saturated carbocycles. The van der Waals surface area contributed by atoms with Gasteiger partial charge in [-0.15, -0.1) is 6.42 Å². The first kappa shape index (κ1) is 13.0. The average Bonchev–Trinajstić information content (AvgIpc) is 2.12. The second kappa shape index (κ2) is 6.44. The van der Waals surface area contributed by atoms with Crippen molar-refractivity contribution >= 4 is 5.91 Å².